The molecule has 2 aromatic carbocycles. The lowest BCUT2D eigenvalue weighted by Crippen LogP contribution is -2.29. The number of carbonyl (C=O) groups excluding carboxylic acids is 1. The van der Waals surface area contributed by atoms with Crippen molar-refractivity contribution in [3.8, 4) is 5.69 Å². The molecule has 0 radical (unpaired) electrons. The van der Waals surface area contributed by atoms with E-state index in [1.54, 1.807) is 6.33 Å². The Morgan fingerprint density at radius 2 is 1.88 bits per heavy atom. The zero-order valence-electron chi connectivity index (χ0n) is 14.9. The Morgan fingerprint density at radius 1 is 1.15 bits per heavy atom. The van der Waals surface area contributed by atoms with Crippen LogP contribution in [-0.4, -0.2) is 26.4 Å². The normalized spacial score (nSPS) is 11.9. The molecule has 0 aliphatic heterocycles. The SMILES string of the molecule is CC[C@@H](NC(=O)CSc1nncn1-c1ccccc1)c1ccc(C)cc1. The molecule has 1 amide bonds. The van der Waals surface area contributed by atoms with E-state index in [9.17, 15) is 4.79 Å². The maximum absolute atomic E-state index is 12.4. The Morgan fingerprint density at radius 3 is 2.58 bits per heavy atom. The van der Waals surface area contributed by atoms with Crippen LogP contribution < -0.4 is 5.32 Å². The Bertz CT molecular complexity index is 846. The van der Waals surface area contributed by atoms with Gasteiger partial charge in [-0.2, -0.15) is 0 Å². The maximum atomic E-state index is 12.4. The molecular weight excluding hydrogens is 344 g/mol. The van der Waals surface area contributed by atoms with Gasteiger partial charge in [-0.05, 0) is 31.0 Å². The van der Waals surface area contributed by atoms with Gasteiger partial charge in [0.2, 0.25) is 5.91 Å². The van der Waals surface area contributed by atoms with E-state index >= 15 is 0 Å². The molecule has 0 unspecified atom stereocenters. The number of rotatable bonds is 7. The highest BCUT2D eigenvalue weighted by Gasteiger charge is 2.14. The number of aryl methyl sites for hydroxylation is 1. The summed E-state index contributed by atoms with van der Waals surface area (Å²) >= 11 is 1.38. The van der Waals surface area contributed by atoms with Crippen molar-refractivity contribution >= 4 is 17.7 Å². The summed E-state index contributed by atoms with van der Waals surface area (Å²) in [7, 11) is 0. The van der Waals surface area contributed by atoms with Gasteiger partial charge in [-0.3, -0.25) is 9.36 Å². The average Bonchev–Trinajstić information content (AvgIpc) is 3.14. The van der Waals surface area contributed by atoms with E-state index in [1.807, 2.05) is 34.9 Å². The summed E-state index contributed by atoms with van der Waals surface area (Å²) in [4.78, 5) is 12.4. The highest BCUT2D eigenvalue weighted by Crippen LogP contribution is 2.21. The summed E-state index contributed by atoms with van der Waals surface area (Å²) in [6, 6.07) is 18.2. The smallest absolute Gasteiger partial charge is 0.230 e. The van der Waals surface area contributed by atoms with Crippen molar-refractivity contribution in [2.45, 2.75) is 31.5 Å². The Balaban J connectivity index is 1.61. The molecule has 0 aliphatic carbocycles. The molecular formula is C20H22N4OS. The van der Waals surface area contributed by atoms with Crippen LogP contribution in [0.3, 0.4) is 0 Å². The molecule has 1 aromatic heterocycles. The lowest BCUT2D eigenvalue weighted by atomic mass is 10.0. The highest BCUT2D eigenvalue weighted by atomic mass is 32.2. The lowest BCUT2D eigenvalue weighted by molar-refractivity contribution is -0.119. The summed E-state index contributed by atoms with van der Waals surface area (Å²) in [5.74, 6) is 0.290. The van der Waals surface area contributed by atoms with Crippen LogP contribution in [0.4, 0.5) is 0 Å². The van der Waals surface area contributed by atoms with Crippen LogP contribution in [0.15, 0.2) is 66.1 Å². The van der Waals surface area contributed by atoms with Crippen LogP contribution in [0.25, 0.3) is 5.69 Å². The molecule has 1 atom stereocenters. The number of para-hydroxylation sites is 1. The van der Waals surface area contributed by atoms with Gasteiger partial charge in [0, 0.05) is 5.69 Å². The summed E-state index contributed by atoms with van der Waals surface area (Å²) in [6.07, 6.45) is 2.51. The van der Waals surface area contributed by atoms with Gasteiger partial charge in [0.1, 0.15) is 6.33 Å². The predicted molar refractivity (Wildman–Crippen MR) is 104 cm³/mol. The van der Waals surface area contributed by atoms with Crippen molar-refractivity contribution in [2.75, 3.05) is 5.75 Å². The van der Waals surface area contributed by atoms with E-state index in [0.29, 0.717) is 10.9 Å². The minimum atomic E-state index is -0.00923. The van der Waals surface area contributed by atoms with E-state index < -0.39 is 0 Å². The quantitative estimate of drug-likeness (QED) is 0.644. The second-order valence-electron chi connectivity index (χ2n) is 6.05. The second kappa shape index (κ2) is 8.67. The number of nitrogens with zero attached hydrogens (tertiary/aromatic N) is 3. The molecule has 3 rings (SSSR count). The minimum Gasteiger partial charge on any atom is -0.349 e. The zero-order chi connectivity index (χ0) is 18.4. The van der Waals surface area contributed by atoms with E-state index in [2.05, 4.69) is 53.6 Å². The molecule has 0 fully saturated rings. The van der Waals surface area contributed by atoms with Gasteiger partial charge in [-0.15, -0.1) is 10.2 Å². The molecule has 1 N–H and O–H groups in total. The van der Waals surface area contributed by atoms with Gasteiger partial charge in [0.25, 0.3) is 0 Å². The van der Waals surface area contributed by atoms with E-state index in [1.165, 1.54) is 17.3 Å². The first-order valence-corrected chi connectivity index (χ1v) is 9.60. The molecule has 6 heteroatoms. The van der Waals surface area contributed by atoms with Crippen molar-refractivity contribution in [1.29, 1.82) is 0 Å². The van der Waals surface area contributed by atoms with Crippen LogP contribution in [0, 0.1) is 6.92 Å². The van der Waals surface area contributed by atoms with Crippen LogP contribution >= 0.6 is 11.8 Å². The largest absolute Gasteiger partial charge is 0.349 e. The van der Waals surface area contributed by atoms with Gasteiger partial charge in [0.05, 0.1) is 11.8 Å². The number of nitrogens with one attached hydrogen (secondary N) is 1. The van der Waals surface area contributed by atoms with Crippen LogP contribution in [-0.2, 0) is 4.79 Å². The van der Waals surface area contributed by atoms with E-state index in [-0.39, 0.29) is 11.9 Å². The zero-order valence-corrected chi connectivity index (χ0v) is 15.7. The molecule has 0 aliphatic rings. The van der Waals surface area contributed by atoms with Gasteiger partial charge < -0.3 is 5.32 Å². The van der Waals surface area contributed by atoms with Gasteiger partial charge in [-0.25, -0.2) is 0 Å². The van der Waals surface area contributed by atoms with Crippen molar-refractivity contribution in [2.24, 2.45) is 0 Å². The van der Waals surface area contributed by atoms with Gasteiger partial charge in [0.15, 0.2) is 5.16 Å². The van der Waals surface area contributed by atoms with Crippen LogP contribution in [0.1, 0.15) is 30.5 Å². The predicted octanol–water partition coefficient (Wildman–Crippen LogP) is 3.94. The number of hydrogen-bond donors (Lipinski definition) is 1. The molecule has 5 nitrogen and oxygen atoms in total. The third kappa shape index (κ3) is 4.52. The molecule has 3 aromatic rings. The molecule has 1 heterocycles. The molecule has 0 spiro atoms. The summed E-state index contributed by atoms with van der Waals surface area (Å²) in [5, 5.41) is 11.9. The standard InChI is InChI=1S/C20H22N4OS/c1-3-18(16-11-9-15(2)10-12-16)22-19(25)13-26-20-23-21-14-24(20)17-7-5-4-6-8-17/h4-12,14,18H,3,13H2,1-2H3,(H,22,25)/t18-/m1/s1. The van der Waals surface area contributed by atoms with Crippen LogP contribution in [0.2, 0.25) is 0 Å². The number of carbonyl (C=O) groups is 1. The molecule has 0 saturated heterocycles. The van der Waals surface area contributed by atoms with Crippen molar-refractivity contribution in [3.05, 3.63) is 72.1 Å². The van der Waals surface area contributed by atoms with Crippen molar-refractivity contribution in [1.82, 2.24) is 20.1 Å². The molecule has 0 saturated carbocycles. The average molecular weight is 366 g/mol. The molecule has 0 bridgehead atoms. The summed E-state index contributed by atoms with van der Waals surface area (Å²) in [5.41, 5.74) is 3.32. The number of aromatic nitrogens is 3. The third-order valence-electron chi connectivity index (χ3n) is 4.11. The first-order valence-electron chi connectivity index (χ1n) is 8.61. The fourth-order valence-corrected chi connectivity index (χ4v) is 3.41. The fraction of sp³-hybridized carbons (Fsp3) is 0.250. The first kappa shape index (κ1) is 18.2. The third-order valence-corrected chi connectivity index (χ3v) is 5.05. The Labute approximate surface area is 157 Å². The van der Waals surface area contributed by atoms with E-state index in [0.717, 1.165) is 17.7 Å². The van der Waals surface area contributed by atoms with Crippen LogP contribution in [0.5, 0.6) is 0 Å². The summed E-state index contributed by atoms with van der Waals surface area (Å²) in [6.45, 7) is 4.13. The van der Waals surface area contributed by atoms with E-state index in [4.69, 9.17) is 0 Å². The lowest BCUT2D eigenvalue weighted by Gasteiger charge is -2.17. The second-order valence-corrected chi connectivity index (χ2v) is 6.99. The minimum absolute atomic E-state index is 0.00923. The first-order chi connectivity index (χ1) is 12.7. The van der Waals surface area contributed by atoms with Gasteiger partial charge >= 0.3 is 0 Å². The number of benzene rings is 2. The highest BCUT2D eigenvalue weighted by molar-refractivity contribution is 7.99. The molecule has 26 heavy (non-hydrogen) atoms. The monoisotopic (exact) mass is 366 g/mol. The van der Waals surface area contributed by atoms with Crippen molar-refractivity contribution < 1.29 is 4.79 Å². The Hall–Kier alpha value is -2.60. The molecule has 134 valence electrons. The number of amides is 1. The maximum Gasteiger partial charge on any atom is 0.230 e. The van der Waals surface area contributed by atoms with Gasteiger partial charge in [-0.1, -0.05) is 66.7 Å². The number of thioether (sulfide) groups is 1. The number of hydrogen-bond acceptors (Lipinski definition) is 4. The Kier molecular flexibility index (Phi) is 6.07. The summed E-state index contributed by atoms with van der Waals surface area (Å²) < 4.78 is 1.88. The fourth-order valence-electron chi connectivity index (χ4n) is 2.67. The topological polar surface area (TPSA) is 59.8 Å². The van der Waals surface area contributed by atoms with Crippen molar-refractivity contribution in [3.63, 3.8) is 0 Å².